The zero-order valence-electron chi connectivity index (χ0n) is 21.3. The minimum Gasteiger partial charge on any atom is -0.383 e. The molecule has 2 aromatic heterocycles. The van der Waals surface area contributed by atoms with Gasteiger partial charge in [-0.25, -0.2) is 14.8 Å². The third-order valence-corrected chi connectivity index (χ3v) is 5.62. The van der Waals surface area contributed by atoms with Crippen LogP contribution < -0.4 is 15.5 Å². The molecule has 0 bridgehead atoms. The smallest absolute Gasteiger partial charge is 0.328 e. The Hall–Kier alpha value is -3.83. The fraction of sp³-hybridized carbons (Fsp3) is 0.458. The molecular weight excluding hydrogens is 482 g/mol. The lowest BCUT2D eigenvalue weighted by atomic mass is 10.1. The maximum absolute atomic E-state index is 13.0. The van der Waals surface area contributed by atoms with Gasteiger partial charge in [0, 0.05) is 60.3 Å². The molecule has 0 atom stereocenters. The number of rotatable bonds is 11. The van der Waals surface area contributed by atoms with Crippen LogP contribution in [0.4, 0.5) is 22.1 Å². The van der Waals surface area contributed by atoms with Gasteiger partial charge >= 0.3 is 6.03 Å². The molecule has 2 aromatic rings. The Labute approximate surface area is 215 Å². The topological polar surface area (TPSA) is 151 Å². The minimum absolute atomic E-state index is 0.0364. The van der Waals surface area contributed by atoms with Gasteiger partial charge in [0.25, 0.3) is 0 Å². The maximum atomic E-state index is 13.0. The molecule has 13 nitrogen and oxygen atoms in total. The number of aromatic nitrogens is 2. The second-order valence-corrected chi connectivity index (χ2v) is 8.02. The van der Waals surface area contributed by atoms with Crippen LogP contribution in [0.15, 0.2) is 24.4 Å². The van der Waals surface area contributed by atoms with Crippen LogP contribution in [-0.2, 0) is 30.3 Å². The van der Waals surface area contributed by atoms with Crippen LogP contribution in [-0.4, -0.2) is 88.1 Å². The Bertz CT molecular complexity index is 1140. The van der Waals surface area contributed by atoms with E-state index in [9.17, 15) is 14.9 Å². The third-order valence-electron chi connectivity index (χ3n) is 5.62. The monoisotopic (exact) mass is 513 g/mol. The second-order valence-electron chi connectivity index (χ2n) is 8.02. The minimum atomic E-state index is -0.802. The molecule has 13 heteroatoms. The highest BCUT2D eigenvalue weighted by molar-refractivity contribution is 6.00. The average molecular weight is 514 g/mol. The van der Waals surface area contributed by atoms with Gasteiger partial charge in [0.2, 0.25) is 12.2 Å². The number of methoxy groups -OCH3 is 3. The Kier molecular flexibility index (Phi) is 10.1. The largest absolute Gasteiger partial charge is 0.383 e. The lowest BCUT2D eigenvalue weighted by Gasteiger charge is -2.28. The number of urea groups is 1. The number of anilines is 3. The number of carbonyl (C=O) groups excluding carboxylic acids is 2. The zero-order valence-corrected chi connectivity index (χ0v) is 21.3. The van der Waals surface area contributed by atoms with Crippen molar-refractivity contribution < 1.29 is 28.5 Å². The van der Waals surface area contributed by atoms with E-state index in [-0.39, 0.29) is 18.3 Å². The van der Waals surface area contributed by atoms with Gasteiger partial charge in [-0.3, -0.25) is 15.0 Å². The van der Waals surface area contributed by atoms with E-state index in [4.69, 9.17) is 18.9 Å². The summed E-state index contributed by atoms with van der Waals surface area (Å²) in [5.74, 6) is 0.469. The summed E-state index contributed by atoms with van der Waals surface area (Å²) in [6.45, 7) is 2.20. The molecule has 3 rings (SSSR count). The first-order chi connectivity index (χ1) is 17.9. The summed E-state index contributed by atoms with van der Waals surface area (Å²) in [5, 5.41) is 15.1. The average Bonchev–Trinajstić information content (AvgIpc) is 2.91. The summed E-state index contributed by atoms with van der Waals surface area (Å²) >= 11 is 0. The first-order valence-corrected chi connectivity index (χ1v) is 11.5. The van der Waals surface area contributed by atoms with Crippen molar-refractivity contribution in [3.05, 3.63) is 41.2 Å². The van der Waals surface area contributed by atoms with Crippen molar-refractivity contribution in [1.82, 2.24) is 14.9 Å². The van der Waals surface area contributed by atoms with Crippen molar-refractivity contribution in [3.8, 4) is 6.07 Å². The van der Waals surface area contributed by atoms with Crippen molar-refractivity contribution in [2.24, 2.45) is 0 Å². The van der Waals surface area contributed by atoms with E-state index in [1.54, 1.807) is 37.3 Å². The number of nitrogens with zero attached hydrogens (tertiary/aromatic N) is 5. The molecule has 1 aliphatic heterocycles. The van der Waals surface area contributed by atoms with Crippen molar-refractivity contribution >= 4 is 29.3 Å². The number of amides is 3. The molecule has 37 heavy (non-hydrogen) atoms. The van der Waals surface area contributed by atoms with E-state index >= 15 is 0 Å². The number of hydrogen-bond donors (Lipinski definition) is 2. The van der Waals surface area contributed by atoms with Crippen LogP contribution in [0.1, 0.15) is 23.1 Å². The van der Waals surface area contributed by atoms with Gasteiger partial charge in [0.05, 0.1) is 24.5 Å². The van der Waals surface area contributed by atoms with Crippen LogP contribution >= 0.6 is 0 Å². The SMILES string of the molecule is COCCNc1cc(NC(=O)N(C)c2ccc(CN3CCOCC3=O)c(C(OC)OC)n2)ncc1C#N. The number of nitrogens with one attached hydrogen (secondary N) is 2. The van der Waals surface area contributed by atoms with E-state index in [2.05, 4.69) is 26.7 Å². The van der Waals surface area contributed by atoms with Crippen LogP contribution in [0.5, 0.6) is 0 Å². The van der Waals surface area contributed by atoms with Crippen LogP contribution in [0.25, 0.3) is 0 Å². The maximum Gasteiger partial charge on any atom is 0.328 e. The molecule has 3 heterocycles. The van der Waals surface area contributed by atoms with Gasteiger partial charge in [-0.1, -0.05) is 6.07 Å². The van der Waals surface area contributed by atoms with Crippen molar-refractivity contribution in [2.75, 3.05) is 76.8 Å². The molecule has 0 spiro atoms. The molecule has 0 aliphatic carbocycles. The summed E-state index contributed by atoms with van der Waals surface area (Å²) in [6, 6.07) is 6.60. The standard InChI is InChI=1S/C24H31N7O6/c1-30(24(33)28-19-11-18(26-7-9-34-2)17(12-25)13-27-19)20-6-5-16(22(29-20)23(35-3)36-4)14-31-8-10-37-15-21(31)32/h5-6,11,13,23H,7-10,14-15H2,1-4H3,(H2,26,27,28,33). The first kappa shape index (κ1) is 27.8. The number of pyridine rings is 2. The number of ether oxygens (including phenoxy) is 4. The highest BCUT2D eigenvalue weighted by Gasteiger charge is 2.25. The number of hydrogen-bond acceptors (Lipinski definition) is 10. The Morgan fingerprint density at radius 1 is 1.32 bits per heavy atom. The highest BCUT2D eigenvalue weighted by atomic mass is 16.7. The lowest BCUT2D eigenvalue weighted by Crippen LogP contribution is -2.41. The third kappa shape index (κ3) is 7.11. The second kappa shape index (κ2) is 13.5. The van der Waals surface area contributed by atoms with E-state index in [1.807, 2.05) is 0 Å². The molecule has 0 unspecified atom stereocenters. The predicted molar refractivity (Wildman–Crippen MR) is 134 cm³/mol. The molecule has 2 N–H and O–H groups in total. The van der Waals surface area contributed by atoms with Gasteiger partial charge < -0.3 is 29.2 Å². The Morgan fingerprint density at radius 3 is 2.78 bits per heavy atom. The first-order valence-electron chi connectivity index (χ1n) is 11.5. The van der Waals surface area contributed by atoms with Crippen molar-refractivity contribution in [3.63, 3.8) is 0 Å². The summed E-state index contributed by atoms with van der Waals surface area (Å²) in [5.41, 5.74) is 2.04. The van der Waals surface area contributed by atoms with Gasteiger partial charge in [-0.05, 0) is 11.6 Å². The van der Waals surface area contributed by atoms with Gasteiger partial charge in [0.1, 0.15) is 30.0 Å². The van der Waals surface area contributed by atoms with Crippen LogP contribution in [0, 0.1) is 11.3 Å². The molecule has 0 saturated carbocycles. The number of morpholine rings is 1. The molecule has 1 aliphatic rings. The van der Waals surface area contributed by atoms with Crippen LogP contribution in [0.3, 0.4) is 0 Å². The van der Waals surface area contributed by atoms with Gasteiger partial charge in [0.15, 0.2) is 0 Å². The van der Waals surface area contributed by atoms with Crippen molar-refractivity contribution in [2.45, 2.75) is 12.8 Å². The van der Waals surface area contributed by atoms with E-state index in [1.165, 1.54) is 25.3 Å². The Morgan fingerprint density at radius 2 is 2.11 bits per heavy atom. The fourth-order valence-corrected chi connectivity index (χ4v) is 3.60. The molecule has 198 valence electrons. The van der Waals surface area contributed by atoms with Gasteiger partial charge in [-0.2, -0.15) is 5.26 Å². The van der Waals surface area contributed by atoms with Crippen molar-refractivity contribution in [1.29, 1.82) is 5.26 Å². The fourth-order valence-electron chi connectivity index (χ4n) is 3.60. The summed E-state index contributed by atoms with van der Waals surface area (Å²) in [4.78, 5) is 37.0. The number of nitriles is 1. The molecule has 3 amide bonds. The van der Waals surface area contributed by atoms with Crippen LogP contribution in [0.2, 0.25) is 0 Å². The molecule has 1 saturated heterocycles. The summed E-state index contributed by atoms with van der Waals surface area (Å²) < 4.78 is 21.1. The molecule has 0 aromatic carbocycles. The normalized spacial score (nSPS) is 13.4. The van der Waals surface area contributed by atoms with Gasteiger partial charge in [-0.15, -0.1) is 0 Å². The van der Waals surface area contributed by atoms with E-state index in [0.29, 0.717) is 55.6 Å². The molecule has 0 radical (unpaired) electrons. The lowest BCUT2D eigenvalue weighted by molar-refractivity contribution is -0.143. The van der Waals surface area contributed by atoms with E-state index in [0.717, 1.165) is 5.56 Å². The quantitative estimate of drug-likeness (QED) is 0.336. The van der Waals surface area contributed by atoms with E-state index < -0.39 is 12.3 Å². The molecule has 1 fully saturated rings. The summed E-state index contributed by atoms with van der Waals surface area (Å²) in [6.07, 6.45) is 0.577. The predicted octanol–water partition coefficient (Wildman–Crippen LogP) is 1.73. The number of carbonyl (C=O) groups is 2. The molecular formula is C24H31N7O6. The summed E-state index contributed by atoms with van der Waals surface area (Å²) in [7, 11) is 6.11. The Balaban J connectivity index is 1.80. The highest BCUT2D eigenvalue weighted by Crippen LogP contribution is 2.25. The zero-order chi connectivity index (χ0) is 26.8.